The number of nitrogens with one attached hydrogen (secondary N) is 3. The van der Waals surface area contributed by atoms with Crippen molar-refractivity contribution in [3.8, 4) is 0 Å². The maximum absolute atomic E-state index is 11.6. The third-order valence-electron chi connectivity index (χ3n) is 5.74. The zero-order valence-corrected chi connectivity index (χ0v) is 18.0. The summed E-state index contributed by atoms with van der Waals surface area (Å²) in [5.74, 6) is 1.34. The molecule has 32 heavy (non-hydrogen) atoms. The first-order valence-corrected chi connectivity index (χ1v) is 10.9. The highest BCUT2D eigenvalue weighted by atomic mass is 16.5. The van der Waals surface area contributed by atoms with Crippen molar-refractivity contribution in [2.24, 2.45) is 0 Å². The van der Waals surface area contributed by atoms with Gasteiger partial charge in [-0.15, -0.1) is 0 Å². The fourth-order valence-corrected chi connectivity index (χ4v) is 4.01. The number of fused-ring (bicyclic) bond motifs is 1. The highest BCUT2D eigenvalue weighted by Crippen LogP contribution is 2.30. The number of anilines is 6. The smallest absolute Gasteiger partial charge is 0.229 e. The van der Waals surface area contributed by atoms with Crippen LogP contribution in [-0.4, -0.2) is 42.2 Å². The van der Waals surface area contributed by atoms with Gasteiger partial charge in [-0.2, -0.15) is 4.98 Å². The Morgan fingerprint density at radius 3 is 2.78 bits per heavy atom. The molecule has 0 spiro atoms. The zero-order chi connectivity index (χ0) is 21.9. The molecular formula is C24H26N6O2. The van der Waals surface area contributed by atoms with E-state index >= 15 is 0 Å². The van der Waals surface area contributed by atoms with Gasteiger partial charge in [-0.1, -0.05) is 12.1 Å². The van der Waals surface area contributed by atoms with Crippen molar-refractivity contribution in [1.29, 1.82) is 0 Å². The van der Waals surface area contributed by atoms with Gasteiger partial charge in [-0.25, -0.2) is 4.98 Å². The van der Waals surface area contributed by atoms with Crippen LogP contribution in [0.2, 0.25) is 0 Å². The van der Waals surface area contributed by atoms with Crippen molar-refractivity contribution in [3.05, 3.63) is 59.8 Å². The Morgan fingerprint density at radius 2 is 1.91 bits per heavy atom. The minimum Gasteiger partial charge on any atom is -0.378 e. The van der Waals surface area contributed by atoms with Gasteiger partial charge in [0.1, 0.15) is 5.82 Å². The van der Waals surface area contributed by atoms with Crippen molar-refractivity contribution >= 4 is 40.4 Å². The summed E-state index contributed by atoms with van der Waals surface area (Å²) in [4.78, 5) is 23.1. The fourth-order valence-electron chi connectivity index (χ4n) is 4.01. The van der Waals surface area contributed by atoms with Crippen LogP contribution in [0.15, 0.2) is 48.7 Å². The number of carbonyl (C=O) groups is 1. The number of hydrogen-bond donors (Lipinski definition) is 3. The molecule has 1 saturated heterocycles. The number of aromatic nitrogens is 2. The van der Waals surface area contributed by atoms with Gasteiger partial charge in [0.2, 0.25) is 11.9 Å². The summed E-state index contributed by atoms with van der Waals surface area (Å²) >= 11 is 0. The van der Waals surface area contributed by atoms with Crippen molar-refractivity contribution < 1.29 is 9.53 Å². The topological polar surface area (TPSA) is 91.4 Å². The quantitative estimate of drug-likeness (QED) is 0.564. The van der Waals surface area contributed by atoms with Gasteiger partial charge < -0.3 is 25.6 Å². The number of aryl methyl sites for hydroxylation is 2. The lowest BCUT2D eigenvalue weighted by atomic mass is 10.0. The summed E-state index contributed by atoms with van der Waals surface area (Å²) < 4.78 is 5.49. The van der Waals surface area contributed by atoms with E-state index in [9.17, 15) is 4.79 Å². The van der Waals surface area contributed by atoms with Crippen LogP contribution in [-0.2, 0) is 16.0 Å². The number of carbonyl (C=O) groups excluding carboxylic acids is 1. The van der Waals surface area contributed by atoms with Gasteiger partial charge >= 0.3 is 0 Å². The molecule has 1 amide bonds. The number of morpholine rings is 1. The predicted molar refractivity (Wildman–Crippen MR) is 126 cm³/mol. The van der Waals surface area contributed by atoms with E-state index in [1.165, 1.54) is 0 Å². The van der Waals surface area contributed by atoms with Crippen LogP contribution in [0.5, 0.6) is 0 Å². The number of para-hydroxylation sites is 2. The maximum atomic E-state index is 11.6. The first-order chi connectivity index (χ1) is 15.7. The normalized spacial score (nSPS) is 15.7. The largest absolute Gasteiger partial charge is 0.378 e. The third-order valence-corrected chi connectivity index (χ3v) is 5.74. The van der Waals surface area contributed by atoms with E-state index in [2.05, 4.69) is 38.0 Å². The molecule has 0 bridgehead atoms. The molecule has 3 N–H and O–H groups in total. The summed E-state index contributed by atoms with van der Waals surface area (Å²) in [6.07, 6.45) is 3.07. The summed E-state index contributed by atoms with van der Waals surface area (Å²) in [6, 6.07) is 14.1. The van der Waals surface area contributed by atoms with Crippen LogP contribution in [0.3, 0.4) is 0 Å². The van der Waals surface area contributed by atoms with E-state index in [0.29, 0.717) is 12.4 Å². The number of rotatable bonds is 5. The Kier molecular flexibility index (Phi) is 5.60. The van der Waals surface area contributed by atoms with Crippen molar-refractivity contribution in [2.45, 2.75) is 19.8 Å². The first kappa shape index (κ1) is 20.3. The number of nitrogens with zero attached hydrogens (tertiary/aromatic N) is 3. The van der Waals surface area contributed by atoms with Crippen LogP contribution >= 0.6 is 0 Å². The zero-order valence-electron chi connectivity index (χ0n) is 18.0. The lowest BCUT2D eigenvalue weighted by Crippen LogP contribution is -2.36. The van der Waals surface area contributed by atoms with Crippen molar-refractivity contribution in [3.63, 3.8) is 0 Å². The van der Waals surface area contributed by atoms with Gasteiger partial charge in [0.05, 0.1) is 24.6 Å². The molecule has 0 unspecified atom stereocenters. The molecule has 8 heteroatoms. The highest BCUT2D eigenvalue weighted by molar-refractivity contribution is 5.94. The van der Waals surface area contributed by atoms with E-state index in [0.717, 1.165) is 72.4 Å². The Balaban J connectivity index is 1.37. The molecule has 0 radical (unpaired) electrons. The van der Waals surface area contributed by atoms with Crippen molar-refractivity contribution in [2.75, 3.05) is 47.2 Å². The van der Waals surface area contributed by atoms with E-state index in [1.54, 1.807) is 0 Å². The molecule has 3 aromatic rings. The van der Waals surface area contributed by atoms with E-state index in [1.807, 2.05) is 43.5 Å². The second-order valence-electron chi connectivity index (χ2n) is 8.01. The predicted octanol–water partition coefficient (Wildman–Crippen LogP) is 3.99. The summed E-state index contributed by atoms with van der Waals surface area (Å²) in [7, 11) is 0. The third kappa shape index (κ3) is 4.36. The molecule has 164 valence electrons. The Labute approximate surface area is 187 Å². The monoisotopic (exact) mass is 430 g/mol. The average molecular weight is 431 g/mol. The average Bonchev–Trinajstić information content (AvgIpc) is 2.82. The molecule has 1 aromatic heterocycles. The summed E-state index contributed by atoms with van der Waals surface area (Å²) in [5.41, 5.74) is 5.97. The number of ether oxygens (including phenoxy) is 1. The molecule has 0 atom stereocenters. The minimum absolute atomic E-state index is 0.0675. The van der Waals surface area contributed by atoms with Gasteiger partial charge in [-0.05, 0) is 49.2 Å². The van der Waals surface area contributed by atoms with Crippen LogP contribution in [0, 0.1) is 6.92 Å². The van der Waals surface area contributed by atoms with Crippen LogP contribution in [0.25, 0.3) is 0 Å². The van der Waals surface area contributed by atoms with Crippen LogP contribution < -0.4 is 20.9 Å². The molecule has 2 aromatic carbocycles. The molecule has 5 rings (SSSR count). The first-order valence-electron chi connectivity index (χ1n) is 10.9. The SMILES string of the molecule is Cc1cnc(Nc2ccccc2N2CCOCC2)nc1Nc1ccc2c(c1)CCC(=O)N2. The van der Waals surface area contributed by atoms with Crippen LogP contribution in [0.1, 0.15) is 17.5 Å². The second kappa shape index (κ2) is 8.84. The number of amides is 1. The van der Waals surface area contributed by atoms with E-state index in [-0.39, 0.29) is 5.91 Å². The second-order valence-corrected chi connectivity index (χ2v) is 8.01. The lowest BCUT2D eigenvalue weighted by molar-refractivity contribution is -0.116. The Bertz CT molecular complexity index is 1140. The standard InChI is InChI=1S/C24H26N6O2/c1-16-15-25-24(28-20-4-2-3-5-21(20)30-10-12-32-13-11-30)29-23(16)26-18-7-8-19-17(14-18)6-9-22(31)27-19/h2-5,7-8,14-15H,6,9-13H2,1H3,(H,27,31)(H2,25,26,28,29). The fraction of sp³-hybridized carbons (Fsp3) is 0.292. The molecule has 8 nitrogen and oxygen atoms in total. The van der Waals surface area contributed by atoms with E-state index in [4.69, 9.17) is 9.72 Å². The minimum atomic E-state index is 0.0675. The number of benzene rings is 2. The number of hydrogen-bond acceptors (Lipinski definition) is 7. The molecular weight excluding hydrogens is 404 g/mol. The maximum Gasteiger partial charge on any atom is 0.229 e. The summed E-state index contributed by atoms with van der Waals surface area (Å²) in [6.45, 7) is 5.16. The van der Waals surface area contributed by atoms with Crippen molar-refractivity contribution in [1.82, 2.24) is 9.97 Å². The molecule has 2 aliphatic rings. The van der Waals surface area contributed by atoms with Gasteiger partial charge in [-0.3, -0.25) is 4.79 Å². The molecule has 3 heterocycles. The summed E-state index contributed by atoms with van der Waals surface area (Å²) in [5, 5.41) is 9.71. The molecule has 2 aliphatic heterocycles. The van der Waals surface area contributed by atoms with Gasteiger partial charge in [0.25, 0.3) is 0 Å². The molecule has 0 aliphatic carbocycles. The molecule has 0 saturated carbocycles. The van der Waals surface area contributed by atoms with E-state index < -0.39 is 0 Å². The van der Waals surface area contributed by atoms with Gasteiger partial charge in [0, 0.05) is 42.6 Å². The van der Waals surface area contributed by atoms with Crippen LogP contribution in [0.4, 0.5) is 34.5 Å². The Hall–Kier alpha value is -3.65. The molecule has 1 fully saturated rings. The van der Waals surface area contributed by atoms with Gasteiger partial charge in [0.15, 0.2) is 0 Å². The highest BCUT2D eigenvalue weighted by Gasteiger charge is 2.17. The lowest BCUT2D eigenvalue weighted by Gasteiger charge is -2.30. The Morgan fingerprint density at radius 1 is 1.06 bits per heavy atom.